The maximum absolute atomic E-state index is 11.8. The van der Waals surface area contributed by atoms with Crippen LogP contribution in [0.25, 0.3) is 0 Å². The highest BCUT2D eigenvalue weighted by Crippen LogP contribution is 2.22. The largest absolute Gasteiger partial charge is 0.507 e. The van der Waals surface area contributed by atoms with Crippen LogP contribution in [0.3, 0.4) is 0 Å². The second-order valence-electron chi connectivity index (χ2n) is 3.21. The number of halogens is 1. The Balaban J connectivity index is 2.21. The Morgan fingerprint density at radius 3 is 2.82 bits per heavy atom. The van der Waals surface area contributed by atoms with Crippen LogP contribution in [-0.2, 0) is 0 Å². The van der Waals surface area contributed by atoms with E-state index in [4.69, 9.17) is 0 Å². The standard InChI is InChI=1S/C11H8BrN3O2/c12-7-1-2-8(9(16)5-7)11(17)15-10-6-13-3-4-14-10/h1-6,16H,(H,14,15,17). The first-order valence-electron chi connectivity index (χ1n) is 4.72. The fourth-order valence-electron chi connectivity index (χ4n) is 1.24. The van der Waals surface area contributed by atoms with Crippen LogP contribution in [-0.4, -0.2) is 21.0 Å². The maximum Gasteiger partial charge on any atom is 0.260 e. The van der Waals surface area contributed by atoms with Crippen molar-refractivity contribution < 1.29 is 9.90 Å². The first kappa shape index (κ1) is 11.5. The quantitative estimate of drug-likeness (QED) is 0.890. The normalized spacial score (nSPS) is 9.94. The average Bonchev–Trinajstić information content (AvgIpc) is 2.30. The van der Waals surface area contributed by atoms with Crippen LogP contribution >= 0.6 is 15.9 Å². The molecule has 6 heteroatoms. The third kappa shape index (κ3) is 2.79. The van der Waals surface area contributed by atoms with E-state index in [0.29, 0.717) is 10.3 Å². The van der Waals surface area contributed by atoms with Gasteiger partial charge in [0.1, 0.15) is 5.75 Å². The molecule has 0 bridgehead atoms. The molecule has 2 rings (SSSR count). The Morgan fingerprint density at radius 2 is 2.18 bits per heavy atom. The van der Waals surface area contributed by atoms with Crippen molar-refractivity contribution in [3.63, 3.8) is 0 Å². The molecule has 0 aliphatic heterocycles. The molecule has 0 spiro atoms. The number of rotatable bonds is 2. The lowest BCUT2D eigenvalue weighted by Gasteiger charge is -2.05. The number of hydrogen-bond acceptors (Lipinski definition) is 4. The van der Waals surface area contributed by atoms with Gasteiger partial charge in [-0.25, -0.2) is 4.98 Å². The monoisotopic (exact) mass is 293 g/mol. The van der Waals surface area contributed by atoms with Gasteiger partial charge in [-0.1, -0.05) is 15.9 Å². The number of phenolic OH excluding ortho intramolecular Hbond substituents is 1. The summed E-state index contributed by atoms with van der Waals surface area (Å²) in [6, 6.07) is 4.64. The number of aromatic hydroxyl groups is 1. The van der Waals surface area contributed by atoms with Gasteiger partial charge in [-0.15, -0.1) is 0 Å². The number of phenols is 1. The third-order valence-corrected chi connectivity index (χ3v) is 2.50. The second kappa shape index (κ2) is 4.92. The number of nitrogens with one attached hydrogen (secondary N) is 1. The van der Waals surface area contributed by atoms with Gasteiger partial charge in [0.25, 0.3) is 5.91 Å². The molecule has 0 atom stereocenters. The summed E-state index contributed by atoms with van der Waals surface area (Å²) in [6.45, 7) is 0. The van der Waals surface area contributed by atoms with E-state index in [0.717, 1.165) is 0 Å². The first-order valence-corrected chi connectivity index (χ1v) is 5.52. The molecule has 1 heterocycles. The predicted molar refractivity (Wildman–Crippen MR) is 65.8 cm³/mol. The molecular weight excluding hydrogens is 286 g/mol. The summed E-state index contributed by atoms with van der Waals surface area (Å²) in [4.78, 5) is 19.5. The van der Waals surface area contributed by atoms with E-state index in [2.05, 4.69) is 31.2 Å². The Morgan fingerprint density at radius 1 is 1.35 bits per heavy atom. The molecule has 2 aromatic rings. The maximum atomic E-state index is 11.8. The Labute approximate surface area is 106 Å². The molecule has 17 heavy (non-hydrogen) atoms. The SMILES string of the molecule is O=C(Nc1cnccn1)c1ccc(Br)cc1O. The lowest BCUT2D eigenvalue weighted by atomic mass is 10.2. The minimum Gasteiger partial charge on any atom is -0.507 e. The zero-order chi connectivity index (χ0) is 12.3. The molecule has 0 saturated heterocycles. The molecule has 1 amide bonds. The third-order valence-electron chi connectivity index (χ3n) is 2.01. The molecule has 0 fully saturated rings. The number of carbonyl (C=O) groups is 1. The van der Waals surface area contributed by atoms with Gasteiger partial charge in [0.05, 0.1) is 11.8 Å². The molecule has 0 aliphatic carbocycles. The molecule has 0 aliphatic rings. The number of anilines is 1. The zero-order valence-electron chi connectivity index (χ0n) is 8.59. The van der Waals surface area contributed by atoms with Gasteiger partial charge in [-0.2, -0.15) is 0 Å². The van der Waals surface area contributed by atoms with Gasteiger partial charge in [0.2, 0.25) is 0 Å². The highest BCUT2D eigenvalue weighted by atomic mass is 79.9. The summed E-state index contributed by atoms with van der Waals surface area (Å²) < 4.78 is 0.700. The van der Waals surface area contributed by atoms with Crippen LogP contribution in [0.15, 0.2) is 41.3 Å². The number of hydrogen-bond donors (Lipinski definition) is 2. The Kier molecular flexibility index (Phi) is 3.34. The van der Waals surface area contributed by atoms with E-state index in [9.17, 15) is 9.90 Å². The van der Waals surface area contributed by atoms with Crippen molar-refractivity contribution in [2.24, 2.45) is 0 Å². The highest BCUT2D eigenvalue weighted by molar-refractivity contribution is 9.10. The molecule has 1 aromatic heterocycles. The molecular formula is C11H8BrN3O2. The van der Waals surface area contributed by atoms with Crippen LogP contribution in [0, 0.1) is 0 Å². The van der Waals surface area contributed by atoms with Crippen molar-refractivity contribution in [3.8, 4) is 5.75 Å². The van der Waals surface area contributed by atoms with Crippen LogP contribution in [0.1, 0.15) is 10.4 Å². The van der Waals surface area contributed by atoms with E-state index in [1.54, 1.807) is 6.07 Å². The van der Waals surface area contributed by atoms with Gasteiger partial charge in [0, 0.05) is 16.9 Å². The molecule has 1 aromatic carbocycles. The minimum atomic E-state index is -0.435. The van der Waals surface area contributed by atoms with E-state index >= 15 is 0 Å². The van der Waals surface area contributed by atoms with Gasteiger partial charge < -0.3 is 10.4 Å². The predicted octanol–water partition coefficient (Wildman–Crippen LogP) is 2.20. The topological polar surface area (TPSA) is 75.1 Å². The van der Waals surface area contributed by atoms with Crippen LogP contribution in [0.5, 0.6) is 5.75 Å². The summed E-state index contributed by atoms with van der Waals surface area (Å²) >= 11 is 3.20. The van der Waals surface area contributed by atoms with Crippen molar-refractivity contribution in [3.05, 3.63) is 46.8 Å². The van der Waals surface area contributed by atoms with Crippen LogP contribution in [0.4, 0.5) is 5.82 Å². The molecule has 0 radical (unpaired) electrons. The van der Waals surface area contributed by atoms with E-state index < -0.39 is 5.91 Å². The Hall–Kier alpha value is -1.95. The smallest absolute Gasteiger partial charge is 0.260 e. The summed E-state index contributed by atoms with van der Waals surface area (Å²) in [5.74, 6) is -0.198. The van der Waals surface area contributed by atoms with Crippen LogP contribution in [0.2, 0.25) is 0 Å². The molecule has 0 unspecified atom stereocenters. The number of amides is 1. The molecule has 86 valence electrons. The van der Waals surface area contributed by atoms with E-state index in [1.165, 1.54) is 30.7 Å². The van der Waals surface area contributed by atoms with Gasteiger partial charge in [-0.05, 0) is 18.2 Å². The van der Waals surface area contributed by atoms with Gasteiger partial charge in [-0.3, -0.25) is 9.78 Å². The van der Waals surface area contributed by atoms with Crippen molar-refractivity contribution in [1.82, 2.24) is 9.97 Å². The summed E-state index contributed by atoms with van der Waals surface area (Å²) in [5.41, 5.74) is 0.179. The number of benzene rings is 1. The first-order chi connectivity index (χ1) is 8.16. The Bertz CT molecular complexity index is 546. The van der Waals surface area contributed by atoms with Crippen molar-refractivity contribution >= 4 is 27.7 Å². The fourth-order valence-corrected chi connectivity index (χ4v) is 1.59. The van der Waals surface area contributed by atoms with Crippen molar-refractivity contribution in [1.29, 1.82) is 0 Å². The summed E-state index contributed by atoms with van der Waals surface area (Å²) in [6.07, 6.45) is 4.40. The fraction of sp³-hybridized carbons (Fsp3) is 0. The lowest BCUT2D eigenvalue weighted by molar-refractivity contribution is 0.102. The van der Waals surface area contributed by atoms with Gasteiger partial charge >= 0.3 is 0 Å². The summed E-state index contributed by atoms with van der Waals surface area (Å²) in [5, 5.41) is 12.1. The molecule has 2 N–H and O–H groups in total. The second-order valence-corrected chi connectivity index (χ2v) is 4.12. The lowest BCUT2D eigenvalue weighted by Crippen LogP contribution is -2.13. The van der Waals surface area contributed by atoms with Crippen molar-refractivity contribution in [2.45, 2.75) is 0 Å². The van der Waals surface area contributed by atoms with Gasteiger partial charge in [0.15, 0.2) is 5.82 Å². The average molecular weight is 294 g/mol. The van der Waals surface area contributed by atoms with Crippen LogP contribution < -0.4 is 5.32 Å². The number of carbonyl (C=O) groups excluding carboxylic acids is 1. The number of nitrogens with zero attached hydrogens (tertiary/aromatic N) is 2. The van der Waals surface area contributed by atoms with E-state index in [-0.39, 0.29) is 11.3 Å². The van der Waals surface area contributed by atoms with Crippen molar-refractivity contribution in [2.75, 3.05) is 5.32 Å². The summed E-state index contributed by atoms with van der Waals surface area (Å²) in [7, 11) is 0. The van der Waals surface area contributed by atoms with E-state index in [1.807, 2.05) is 0 Å². The minimum absolute atomic E-state index is 0.0965. The molecule has 0 saturated carbocycles. The number of aromatic nitrogens is 2. The zero-order valence-corrected chi connectivity index (χ0v) is 10.2. The highest BCUT2D eigenvalue weighted by Gasteiger charge is 2.11. The molecule has 5 nitrogen and oxygen atoms in total.